The molecule has 0 saturated carbocycles. The first kappa shape index (κ1) is 11.6. The number of ether oxygens (including phenoxy) is 1. The topological polar surface area (TPSA) is 74.2 Å². The molecule has 3 aromatic heterocycles. The van der Waals surface area contributed by atoms with Crippen molar-refractivity contribution < 1.29 is 13.7 Å². The summed E-state index contributed by atoms with van der Waals surface area (Å²) in [6.45, 7) is 3.35. The summed E-state index contributed by atoms with van der Waals surface area (Å²) in [6.07, 6.45) is 0.930. The summed E-state index contributed by atoms with van der Waals surface area (Å²) in [5, 5.41) is 4.02. The molecule has 1 saturated heterocycles. The van der Waals surface area contributed by atoms with Crippen molar-refractivity contribution in [2.45, 2.75) is 19.3 Å². The first-order valence-electron chi connectivity index (χ1n) is 6.58. The number of nitrogens with zero attached hydrogens (tertiary/aromatic N) is 3. The largest absolute Gasteiger partial charge is 0.449 e. The summed E-state index contributed by atoms with van der Waals surface area (Å²) >= 11 is 0. The lowest BCUT2D eigenvalue weighted by Crippen LogP contribution is -1.99. The van der Waals surface area contributed by atoms with Gasteiger partial charge in [-0.1, -0.05) is 5.16 Å². The van der Waals surface area contributed by atoms with Crippen molar-refractivity contribution in [1.29, 1.82) is 0 Å². The number of rotatable bonds is 2. The van der Waals surface area contributed by atoms with Gasteiger partial charge in [-0.05, 0) is 25.5 Å². The highest BCUT2D eigenvalue weighted by Gasteiger charge is 2.24. The monoisotopic (exact) mass is 271 g/mol. The predicted molar refractivity (Wildman–Crippen MR) is 70.2 cm³/mol. The number of hydrogen-bond donors (Lipinski definition) is 0. The average molecular weight is 271 g/mol. The van der Waals surface area contributed by atoms with Crippen LogP contribution >= 0.6 is 0 Å². The minimum absolute atomic E-state index is 0.220. The smallest absolute Gasteiger partial charge is 0.293 e. The molecular weight excluding hydrogens is 258 g/mol. The third kappa shape index (κ3) is 1.89. The highest BCUT2D eigenvalue weighted by Crippen LogP contribution is 2.28. The molecule has 3 aromatic rings. The first-order chi connectivity index (χ1) is 9.79. The van der Waals surface area contributed by atoms with Gasteiger partial charge in [0.2, 0.25) is 0 Å². The molecule has 0 aliphatic carbocycles. The van der Waals surface area contributed by atoms with Crippen LogP contribution in [0, 0.1) is 6.92 Å². The van der Waals surface area contributed by atoms with Crippen LogP contribution in [-0.2, 0) is 4.74 Å². The molecule has 6 heteroatoms. The summed E-state index contributed by atoms with van der Waals surface area (Å²) in [4.78, 5) is 8.80. The van der Waals surface area contributed by atoms with Crippen molar-refractivity contribution >= 4 is 11.1 Å². The Balaban J connectivity index is 1.71. The Morgan fingerprint density at radius 3 is 3.05 bits per heavy atom. The van der Waals surface area contributed by atoms with Gasteiger partial charge in [-0.25, -0.2) is 4.98 Å². The minimum atomic E-state index is 0.220. The third-order valence-electron chi connectivity index (χ3n) is 3.46. The minimum Gasteiger partial charge on any atom is -0.449 e. The molecule has 1 aliphatic rings. The summed E-state index contributed by atoms with van der Waals surface area (Å²) in [5.41, 5.74) is 2.46. The zero-order chi connectivity index (χ0) is 13.5. The van der Waals surface area contributed by atoms with Gasteiger partial charge in [0.25, 0.3) is 5.89 Å². The van der Waals surface area contributed by atoms with E-state index >= 15 is 0 Å². The number of aryl methyl sites for hydroxylation is 1. The molecule has 20 heavy (non-hydrogen) atoms. The Labute approximate surface area is 114 Å². The number of fused-ring (bicyclic) bond motifs is 1. The Bertz CT molecular complexity index is 756. The van der Waals surface area contributed by atoms with Gasteiger partial charge in [0.05, 0.1) is 6.61 Å². The number of pyridine rings is 1. The van der Waals surface area contributed by atoms with Crippen molar-refractivity contribution in [2.75, 3.05) is 13.2 Å². The molecule has 4 rings (SSSR count). The van der Waals surface area contributed by atoms with Crippen LogP contribution in [0.1, 0.15) is 23.9 Å². The van der Waals surface area contributed by atoms with Crippen LogP contribution in [0.4, 0.5) is 0 Å². The van der Waals surface area contributed by atoms with Crippen LogP contribution in [0.3, 0.4) is 0 Å². The molecule has 0 aromatic carbocycles. The molecular formula is C14H13N3O3. The summed E-state index contributed by atoms with van der Waals surface area (Å²) < 4.78 is 16.3. The van der Waals surface area contributed by atoms with E-state index in [0.717, 1.165) is 29.8 Å². The number of aromatic nitrogens is 3. The Morgan fingerprint density at radius 2 is 2.20 bits per heavy atom. The standard InChI is InChI=1S/C14H13N3O3/c1-8-2-3-11-10(15-8)6-12(19-11)14-16-13(17-20-14)9-4-5-18-7-9/h2-3,6,9H,4-5,7H2,1H3/t9-/m0/s1. The van der Waals surface area contributed by atoms with Crippen molar-refractivity contribution in [3.63, 3.8) is 0 Å². The van der Waals surface area contributed by atoms with Crippen molar-refractivity contribution in [1.82, 2.24) is 15.1 Å². The van der Waals surface area contributed by atoms with E-state index < -0.39 is 0 Å². The van der Waals surface area contributed by atoms with E-state index in [1.807, 2.05) is 25.1 Å². The molecule has 1 aliphatic heterocycles. The molecule has 0 spiro atoms. The zero-order valence-electron chi connectivity index (χ0n) is 11.0. The SMILES string of the molecule is Cc1ccc2oc(-c3nc([C@H]4CCOC4)no3)cc2n1. The van der Waals surface area contributed by atoms with Crippen LogP contribution in [0.25, 0.3) is 22.8 Å². The number of furan rings is 1. The van der Waals surface area contributed by atoms with Gasteiger partial charge in [0, 0.05) is 24.3 Å². The maximum Gasteiger partial charge on any atom is 0.293 e. The van der Waals surface area contributed by atoms with Crippen LogP contribution < -0.4 is 0 Å². The third-order valence-corrected chi connectivity index (χ3v) is 3.46. The fourth-order valence-corrected chi connectivity index (χ4v) is 2.37. The van der Waals surface area contributed by atoms with Gasteiger partial charge in [0.1, 0.15) is 5.52 Å². The maximum atomic E-state index is 5.70. The van der Waals surface area contributed by atoms with E-state index in [4.69, 9.17) is 13.7 Å². The fraction of sp³-hybridized carbons (Fsp3) is 0.357. The van der Waals surface area contributed by atoms with Crippen molar-refractivity contribution in [3.05, 3.63) is 29.7 Å². The van der Waals surface area contributed by atoms with Gasteiger partial charge in [-0.3, -0.25) is 0 Å². The van der Waals surface area contributed by atoms with Gasteiger partial charge < -0.3 is 13.7 Å². The van der Waals surface area contributed by atoms with Gasteiger partial charge in [0.15, 0.2) is 17.2 Å². The Hall–Kier alpha value is -2.21. The summed E-state index contributed by atoms with van der Waals surface area (Å²) in [5.74, 6) is 1.85. The van der Waals surface area contributed by atoms with E-state index in [0.29, 0.717) is 24.1 Å². The summed E-state index contributed by atoms with van der Waals surface area (Å²) in [7, 11) is 0. The molecule has 1 atom stereocenters. The Morgan fingerprint density at radius 1 is 1.25 bits per heavy atom. The van der Waals surface area contributed by atoms with E-state index in [2.05, 4.69) is 15.1 Å². The lowest BCUT2D eigenvalue weighted by atomic mass is 10.1. The second-order valence-electron chi connectivity index (χ2n) is 4.96. The van der Waals surface area contributed by atoms with Gasteiger partial charge in [-0.2, -0.15) is 4.98 Å². The zero-order valence-corrected chi connectivity index (χ0v) is 11.0. The molecule has 6 nitrogen and oxygen atoms in total. The highest BCUT2D eigenvalue weighted by molar-refractivity contribution is 5.77. The molecule has 0 N–H and O–H groups in total. The second kappa shape index (κ2) is 4.42. The fourth-order valence-electron chi connectivity index (χ4n) is 2.37. The summed E-state index contributed by atoms with van der Waals surface area (Å²) in [6, 6.07) is 5.62. The first-order valence-corrected chi connectivity index (χ1v) is 6.58. The maximum absolute atomic E-state index is 5.70. The molecule has 0 bridgehead atoms. The average Bonchev–Trinajstić information content (AvgIpc) is 3.17. The molecule has 1 fully saturated rings. The van der Waals surface area contributed by atoms with Crippen LogP contribution in [-0.4, -0.2) is 28.3 Å². The van der Waals surface area contributed by atoms with E-state index in [1.54, 1.807) is 0 Å². The van der Waals surface area contributed by atoms with Crippen LogP contribution in [0.5, 0.6) is 0 Å². The van der Waals surface area contributed by atoms with E-state index in [9.17, 15) is 0 Å². The normalized spacial score (nSPS) is 18.9. The lowest BCUT2D eigenvalue weighted by Gasteiger charge is -1.97. The van der Waals surface area contributed by atoms with Gasteiger partial charge >= 0.3 is 0 Å². The van der Waals surface area contributed by atoms with Gasteiger partial charge in [-0.15, -0.1) is 0 Å². The number of hydrogen-bond acceptors (Lipinski definition) is 6. The quantitative estimate of drug-likeness (QED) is 0.713. The molecule has 0 radical (unpaired) electrons. The molecule has 0 amide bonds. The molecule has 0 unspecified atom stereocenters. The second-order valence-corrected chi connectivity index (χ2v) is 4.96. The predicted octanol–water partition coefficient (Wildman–Crippen LogP) is 2.69. The van der Waals surface area contributed by atoms with E-state index in [-0.39, 0.29) is 5.92 Å². The van der Waals surface area contributed by atoms with E-state index in [1.165, 1.54) is 0 Å². The van der Waals surface area contributed by atoms with Crippen LogP contribution in [0.2, 0.25) is 0 Å². The van der Waals surface area contributed by atoms with Crippen molar-refractivity contribution in [2.24, 2.45) is 0 Å². The Kier molecular flexibility index (Phi) is 2.56. The highest BCUT2D eigenvalue weighted by atomic mass is 16.5. The molecule has 102 valence electrons. The van der Waals surface area contributed by atoms with Crippen LogP contribution in [0.15, 0.2) is 27.1 Å². The molecule has 4 heterocycles. The van der Waals surface area contributed by atoms with Crippen molar-refractivity contribution in [3.8, 4) is 11.7 Å². The lowest BCUT2D eigenvalue weighted by molar-refractivity contribution is 0.192.